The van der Waals surface area contributed by atoms with E-state index in [0.29, 0.717) is 29.7 Å². The Hall–Kier alpha value is -0.920. The number of aromatic nitrogens is 2. The summed E-state index contributed by atoms with van der Waals surface area (Å²) in [4.78, 5) is 2.38. The SMILES string of the molecule is Cc1[nH]ncc1S(=O)(=O)N1CCCC(N(C)C)C1. The van der Waals surface area contributed by atoms with Crippen molar-refractivity contribution in [2.24, 2.45) is 0 Å². The van der Waals surface area contributed by atoms with Gasteiger partial charge in [-0.25, -0.2) is 8.42 Å². The number of H-pyrrole nitrogens is 1. The van der Waals surface area contributed by atoms with Crippen LogP contribution in [0.1, 0.15) is 18.5 Å². The minimum Gasteiger partial charge on any atom is -0.305 e. The van der Waals surface area contributed by atoms with Gasteiger partial charge in [-0.15, -0.1) is 0 Å². The smallest absolute Gasteiger partial charge is 0.246 e. The summed E-state index contributed by atoms with van der Waals surface area (Å²) in [5, 5.41) is 6.48. The lowest BCUT2D eigenvalue weighted by atomic mass is 10.1. The molecule has 1 aromatic heterocycles. The molecular weight excluding hydrogens is 252 g/mol. The summed E-state index contributed by atoms with van der Waals surface area (Å²) in [5.41, 5.74) is 0.599. The first-order chi connectivity index (χ1) is 8.43. The van der Waals surface area contributed by atoms with Crippen LogP contribution in [0, 0.1) is 6.92 Å². The second-order valence-corrected chi connectivity index (χ2v) is 6.89. The first kappa shape index (κ1) is 13.5. The van der Waals surface area contributed by atoms with Crippen LogP contribution in [0.15, 0.2) is 11.1 Å². The number of sulfonamides is 1. The van der Waals surface area contributed by atoms with Crippen molar-refractivity contribution in [1.82, 2.24) is 19.4 Å². The van der Waals surface area contributed by atoms with E-state index < -0.39 is 10.0 Å². The number of likely N-dealkylation sites (N-methyl/N-ethyl adjacent to an activating group) is 1. The summed E-state index contributed by atoms with van der Waals surface area (Å²) in [6.07, 6.45) is 3.34. The molecule has 6 nitrogen and oxygen atoms in total. The summed E-state index contributed by atoms with van der Waals surface area (Å²) < 4.78 is 26.5. The van der Waals surface area contributed by atoms with Crippen LogP contribution in [-0.4, -0.2) is 61.0 Å². The maximum atomic E-state index is 12.5. The highest BCUT2D eigenvalue weighted by Gasteiger charge is 2.32. The summed E-state index contributed by atoms with van der Waals surface area (Å²) in [7, 11) is 0.577. The standard InChI is InChI=1S/C11H20N4O2S/c1-9-11(7-12-13-9)18(16,17)15-6-4-5-10(8-15)14(2)3/h7,10H,4-6,8H2,1-3H3,(H,12,13). The zero-order chi connectivity index (χ0) is 13.3. The van der Waals surface area contributed by atoms with Crippen LogP contribution in [0.5, 0.6) is 0 Å². The molecule has 0 bridgehead atoms. The maximum absolute atomic E-state index is 12.5. The highest BCUT2D eigenvalue weighted by molar-refractivity contribution is 7.89. The second kappa shape index (κ2) is 4.99. The quantitative estimate of drug-likeness (QED) is 0.866. The van der Waals surface area contributed by atoms with Gasteiger partial charge in [0, 0.05) is 19.1 Å². The Kier molecular flexibility index (Phi) is 3.74. The van der Waals surface area contributed by atoms with E-state index in [-0.39, 0.29) is 0 Å². The van der Waals surface area contributed by atoms with Crippen LogP contribution >= 0.6 is 0 Å². The summed E-state index contributed by atoms with van der Waals surface area (Å²) in [6, 6.07) is 0.292. The fraction of sp³-hybridized carbons (Fsp3) is 0.727. The number of nitrogens with zero attached hydrogens (tertiary/aromatic N) is 3. The molecule has 2 rings (SSSR count). The number of hydrogen-bond donors (Lipinski definition) is 1. The van der Waals surface area contributed by atoms with Gasteiger partial charge < -0.3 is 4.90 Å². The minimum absolute atomic E-state index is 0.292. The van der Waals surface area contributed by atoms with Crippen LogP contribution in [0.2, 0.25) is 0 Å². The van der Waals surface area contributed by atoms with Gasteiger partial charge in [0.1, 0.15) is 4.90 Å². The van der Waals surface area contributed by atoms with Crippen molar-refractivity contribution in [3.8, 4) is 0 Å². The number of hydrogen-bond acceptors (Lipinski definition) is 4. The lowest BCUT2D eigenvalue weighted by Crippen LogP contribution is -2.47. The molecule has 0 aliphatic carbocycles. The Labute approximate surface area is 108 Å². The van der Waals surface area contributed by atoms with Crippen LogP contribution in [0.4, 0.5) is 0 Å². The molecule has 1 unspecified atom stereocenters. The third-order valence-electron chi connectivity index (χ3n) is 3.49. The van der Waals surface area contributed by atoms with Crippen LogP contribution < -0.4 is 0 Å². The Balaban J connectivity index is 2.23. The second-order valence-electron chi connectivity index (χ2n) is 4.98. The van der Waals surface area contributed by atoms with Crippen molar-refractivity contribution in [2.75, 3.05) is 27.2 Å². The normalized spacial score (nSPS) is 22.6. The van der Waals surface area contributed by atoms with Crippen molar-refractivity contribution in [3.63, 3.8) is 0 Å². The van der Waals surface area contributed by atoms with Crippen LogP contribution in [0.3, 0.4) is 0 Å². The molecule has 1 aromatic rings. The highest BCUT2D eigenvalue weighted by Crippen LogP contribution is 2.23. The molecule has 0 saturated carbocycles. The topological polar surface area (TPSA) is 69.3 Å². The fourth-order valence-electron chi connectivity index (χ4n) is 2.30. The summed E-state index contributed by atoms with van der Waals surface area (Å²) in [5.74, 6) is 0. The molecular formula is C11H20N4O2S. The molecule has 1 aliphatic rings. The monoisotopic (exact) mass is 272 g/mol. The van der Waals surface area contributed by atoms with E-state index in [1.807, 2.05) is 14.1 Å². The minimum atomic E-state index is -3.40. The van der Waals surface area contributed by atoms with E-state index >= 15 is 0 Å². The Morgan fingerprint density at radius 1 is 1.50 bits per heavy atom. The van der Waals surface area contributed by atoms with E-state index in [1.54, 1.807) is 11.2 Å². The van der Waals surface area contributed by atoms with Gasteiger partial charge in [0.15, 0.2) is 0 Å². The van der Waals surface area contributed by atoms with E-state index in [1.165, 1.54) is 6.20 Å². The van der Waals surface area contributed by atoms with Gasteiger partial charge in [0.2, 0.25) is 10.0 Å². The first-order valence-electron chi connectivity index (χ1n) is 6.09. The zero-order valence-corrected chi connectivity index (χ0v) is 11.9. The highest BCUT2D eigenvalue weighted by atomic mass is 32.2. The maximum Gasteiger partial charge on any atom is 0.246 e. The average molecular weight is 272 g/mol. The summed E-state index contributed by atoms with van der Waals surface area (Å²) >= 11 is 0. The molecule has 102 valence electrons. The molecule has 0 spiro atoms. The summed E-state index contributed by atoms with van der Waals surface area (Å²) in [6.45, 7) is 2.88. The third kappa shape index (κ3) is 2.43. The molecule has 7 heteroatoms. The van der Waals surface area contributed by atoms with Crippen molar-refractivity contribution in [3.05, 3.63) is 11.9 Å². The first-order valence-corrected chi connectivity index (χ1v) is 7.53. The van der Waals surface area contributed by atoms with Crippen LogP contribution in [0.25, 0.3) is 0 Å². The lowest BCUT2D eigenvalue weighted by Gasteiger charge is -2.35. The number of aromatic amines is 1. The molecule has 2 heterocycles. The largest absolute Gasteiger partial charge is 0.305 e. The van der Waals surface area contributed by atoms with Crippen molar-refractivity contribution >= 4 is 10.0 Å². The van der Waals surface area contributed by atoms with E-state index in [9.17, 15) is 8.42 Å². The van der Waals surface area contributed by atoms with Gasteiger partial charge in [0.25, 0.3) is 0 Å². The van der Waals surface area contributed by atoms with Crippen LogP contribution in [-0.2, 0) is 10.0 Å². The van der Waals surface area contributed by atoms with Crippen molar-refractivity contribution in [2.45, 2.75) is 30.7 Å². The number of piperidine rings is 1. The zero-order valence-electron chi connectivity index (χ0n) is 11.0. The van der Waals surface area contributed by atoms with Gasteiger partial charge in [0.05, 0.1) is 11.9 Å². The van der Waals surface area contributed by atoms with Gasteiger partial charge in [-0.3, -0.25) is 5.10 Å². The molecule has 1 saturated heterocycles. The van der Waals surface area contributed by atoms with E-state index in [0.717, 1.165) is 12.8 Å². The Morgan fingerprint density at radius 3 is 2.78 bits per heavy atom. The molecule has 0 aromatic carbocycles. The number of rotatable bonds is 3. The predicted molar refractivity (Wildman–Crippen MR) is 68.8 cm³/mol. The third-order valence-corrected chi connectivity index (χ3v) is 5.47. The molecule has 18 heavy (non-hydrogen) atoms. The predicted octanol–water partition coefficient (Wildman–Crippen LogP) is 0.433. The molecule has 1 fully saturated rings. The van der Waals surface area contributed by atoms with E-state index in [2.05, 4.69) is 15.1 Å². The Morgan fingerprint density at radius 2 is 2.22 bits per heavy atom. The molecule has 1 aliphatic heterocycles. The van der Waals surface area contributed by atoms with Gasteiger partial charge >= 0.3 is 0 Å². The fourth-order valence-corrected chi connectivity index (χ4v) is 3.93. The van der Waals surface area contributed by atoms with Crippen molar-refractivity contribution in [1.29, 1.82) is 0 Å². The van der Waals surface area contributed by atoms with Crippen molar-refractivity contribution < 1.29 is 8.42 Å². The lowest BCUT2D eigenvalue weighted by molar-refractivity contribution is 0.190. The Bertz CT molecular complexity index is 509. The number of nitrogens with one attached hydrogen (secondary N) is 1. The average Bonchev–Trinajstić information content (AvgIpc) is 2.76. The molecule has 0 amide bonds. The number of aryl methyl sites for hydroxylation is 1. The van der Waals surface area contributed by atoms with E-state index in [4.69, 9.17) is 0 Å². The van der Waals surface area contributed by atoms with Gasteiger partial charge in [-0.1, -0.05) is 0 Å². The van der Waals surface area contributed by atoms with Gasteiger partial charge in [-0.05, 0) is 33.9 Å². The molecule has 0 radical (unpaired) electrons. The molecule has 1 atom stereocenters. The molecule has 1 N–H and O–H groups in total. The van der Waals surface area contributed by atoms with Gasteiger partial charge in [-0.2, -0.15) is 9.40 Å².